The zero-order chi connectivity index (χ0) is 15.6. The predicted molar refractivity (Wildman–Crippen MR) is 93.0 cm³/mol. The van der Waals surface area contributed by atoms with Crippen molar-refractivity contribution in [2.45, 2.75) is 0 Å². The summed E-state index contributed by atoms with van der Waals surface area (Å²) in [5.41, 5.74) is 3.52. The molecule has 2 aromatic carbocycles. The van der Waals surface area contributed by atoms with Crippen molar-refractivity contribution in [1.29, 1.82) is 5.26 Å². The monoisotopic (exact) mass is 313 g/mol. The molecule has 2 heterocycles. The highest BCUT2D eigenvalue weighted by Gasteiger charge is 2.10. The van der Waals surface area contributed by atoms with Gasteiger partial charge in [0.2, 0.25) is 0 Å². The Morgan fingerprint density at radius 1 is 1.00 bits per heavy atom. The van der Waals surface area contributed by atoms with E-state index < -0.39 is 0 Å². The molecule has 0 saturated heterocycles. The Morgan fingerprint density at radius 3 is 2.83 bits per heavy atom. The number of hydrogen-bond donors (Lipinski definition) is 0. The molecule has 0 atom stereocenters. The van der Waals surface area contributed by atoms with Crippen molar-refractivity contribution in [3.8, 4) is 27.9 Å². The van der Waals surface area contributed by atoms with Crippen molar-refractivity contribution < 1.29 is 0 Å². The fraction of sp³-hybridized carbons (Fsp3) is 0. The average molecular weight is 313 g/mol. The van der Waals surface area contributed by atoms with Gasteiger partial charge in [0.15, 0.2) is 0 Å². The molecule has 0 aliphatic rings. The summed E-state index contributed by atoms with van der Waals surface area (Å²) in [6.45, 7) is 0. The SMILES string of the molecule is N#Cc1cccc(-c2csc(-c3cncc4ccccc34)n2)c1. The van der Waals surface area contributed by atoms with Gasteiger partial charge < -0.3 is 0 Å². The van der Waals surface area contributed by atoms with Crippen molar-refractivity contribution in [2.75, 3.05) is 0 Å². The maximum absolute atomic E-state index is 9.03. The van der Waals surface area contributed by atoms with E-state index in [0.717, 1.165) is 32.6 Å². The molecule has 0 N–H and O–H groups in total. The van der Waals surface area contributed by atoms with Crippen LogP contribution in [0.3, 0.4) is 0 Å². The highest BCUT2D eigenvalue weighted by Crippen LogP contribution is 2.32. The lowest BCUT2D eigenvalue weighted by atomic mass is 10.1. The van der Waals surface area contributed by atoms with E-state index in [0.29, 0.717) is 5.56 Å². The van der Waals surface area contributed by atoms with Gasteiger partial charge in [0, 0.05) is 34.3 Å². The van der Waals surface area contributed by atoms with E-state index in [-0.39, 0.29) is 0 Å². The smallest absolute Gasteiger partial charge is 0.126 e. The summed E-state index contributed by atoms with van der Waals surface area (Å²) in [6, 6.07) is 17.9. The predicted octanol–water partition coefficient (Wildman–Crippen LogP) is 4.90. The third-order valence-electron chi connectivity index (χ3n) is 3.69. The van der Waals surface area contributed by atoms with Gasteiger partial charge in [-0.15, -0.1) is 11.3 Å². The third-order valence-corrected chi connectivity index (χ3v) is 4.57. The van der Waals surface area contributed by atoms with Crippen molar-refractivity contribution in [1.82, 2.24) is 9.97 Å². The van der Waals surface area contributed by atoms with Crippen LogP contribution in [-0.4, -0.2) is 9.97 Å². The van der Waals surface area contributed by atoms with Gasteiger partial charge in [0.1, 0.15) is 5.01 Å². The second kappa shape index (κ2) is 5.64. The van der Waals surface area contributed by atoms with Crippen molar-refractivity contribution in [3.63, 3.8) is 0 Å². The maximum Gasteiger partial charge on any atom is 0.126 e. The fourth-order valence-electron chi connectivity index (χ4n) is 2.57. The second-order valence-electron chi connectivity index (χ2n) is 5.14. The molecule has 108 valence electrons. The molecule has 0 radical (unpaired) electrons. The molecular formula is C19H11N3S. The van der Waals surface area contributed by atoms with Gasteiger partial charge in [0.05, 0.1) is 17.3 Å². The van der Waals surface area contributed by atoms with Gasteiger partial charge in [-0.2, -0.15) is 5.26 Å². The Hall–Kier alpha value is -3.03. The summed E-state index contributed by atoms with van der Waals surface area (Å²) in [5.74, 6) is 0. The first kappa shape index (κ1) is 13.6. The molecule has 0 fully saturated rings. The molecule has 0 unspecified atom stereocenters. The van der Waals surface area contributed by atoms with E-state index in [2.05, 4.69) is 23.2 Å². The molecule has 4 heteroatoms. The average Bonchev–Trinajstić information content (AvgIpc) is 3.11. The third kappa shape index (κ3) is 2.48. The molecule has 0 amide bonds. The number of hydrogen-bond acceptors (Lipinski definition) is 4. The number of aromatic nitrogens is 2. The van der Waals surface area contributed by atoms with Crippen LogP contribution in [0.15, 0.2) is 66.3 Å². The van der Waals surface area contributed by atoms with E-state index in [1.165, 1.54) is 0 Å². The van der Waals surface area contributed by atoms with Gasteiger partial charge in [-0.05, 0) is 17.5 Å². The Balaban J connectivity index is 1.82. The summed E-state index contributed by atoms with van der Waals surface area (Å²) >= 11 is 1.59. The van der Waals surface area contributed by atoms with Crippen LogP contribution in [0.2, 0.25) is 0 Å². The lowest BCUT2D eigenvalue weighted by Gasteiger charge is -2.02. The van der Waals surface area contributed by atoms with Gasteiger partial charge >= 0.3 is 0 Å². The molecular weight excluding hydrogens is 302 g/mol. The minimum atomic E-state index is 0.642. The molecule has 0 saturated carbocycles. The molecule has 0 aliphatic carbocycles. The summed E-state index contributed by atoms with van der Waals surface area (Å²) in [4.78, 5) is 9.07. The van der Waals surface area contributed by atoms with Crippen LogP contribution in [0.4, 0.5) is 0 Å². The van der Waals surface area contributed by atoms with Crippen molar-refractivity contribution in [3.05, 3.63) is 71.9 Å². The van der Waals surface area contributed by atoms with E-state index in [1.54, 1.807) is 17.4 Å². The van der Waals surface area contributed by atoms with Crippen LogP contribution < -0.4 is 0 Å². The molecule has 3 nitrogen and oxygen atoms in total. The van der Waals surface area contributed by atoms with Crippen LogP contribution in [0.25, 0.3) is 32.6 Å². The first-order chi connectivity index (χ1) is 11.3. The van der Waals surface area contributed by atoms with Crippen LogP contribution in [0.5, 0.6) is 0 Å². The summed E-state index contributed by atoms with van der Waals surface area (Å²) in [5, 5.41) is 14.2. The van der Waals surface area contributed by atoms with E-state index in [1.807, 2.05) is 48.1 Å². The van der Waals surface area contributed by atoms with E-state index in [9.17, 15) is 0 Å². The number of thiazole rings is 1. The van der Waals surface area contributed by atoms with Crippen molar-refractivity contribution in [2.24, 2.45) is 0 Å². The first-order valence-electron chi connectivity index (χ1n) is 7.14. The van der Waals surface area contributed by atoms with Gasteiger partial charge in [0.25, 0.3) is 0 Å². The topological polar surface area (TPSA) is 49.6 Å². The quantitative estimate of drug-likeness (QED) is 0.529. The first-order valence-corrected chi connectivity index (χ1v) is 8.02. The highest BCUT2D eigenvalue weighted by atomic mass is 32.1. The lowest BCUT2D eigenvalue weighted by molar-refractivity contribution is 1.34. The van der Waals surface area contributed by atoms with Gasteiger partial charge in [-0.3, -0.25) is 4.98 Å². The van der Waals surface area contributed by atoms with Crippen LogP contribution in [0.1, 0.15) is 5.56 Å². The van der Waals surface area contributed by atoms with E-state index in [4.69, 9.17) is 10.2 Å². The number of fused-ring (bicyclic) bond motifs is 1. The van der Waals surface area contributed by atoms with Crippen LogP contribution in [-0.2, 0) is 0 Å². The number of rotatable bonds is 2. The largest absolute Gasteiger partial charge is 0.263 e. The summed E-state index contributed by atoms with van der Waals surface area (Å²) in [7, 11) is 0. The van der Waals surface area contributed by atoms with Crippen LogP contribution in [0, 0.1) is 11.3 Å². The minimum Gasteiger partial charge on any atom is -0.263 e. The molecule has 0 spiro atoms. The van der Waals surface area contributed by atoms with Crippen molar-refractivity contribution >= 4 is 22.1 Å². The maximum atomic E-state index is 9.03. The number of benzene rings is 2. The van der Waals surface area contributed by atoms with Crippen LogP contribution >= 0.6 is 11.3 Å². The Morgan fingerprint density at radius 2 is 1.91 bits per heavy atom. The summed E-state index contributed by atoms with van der Waals surface area (Å²) in [6.07, 6.45) is 3.72. The Kier molecular flexibility index (Phi) is 3.34. The lowest BCUT2D eigenvalue weighted by Crippen LogP contribution is -1.84. The Labute approximate surface area is 137 Å². The molecule has 0 bridgehead atoms. The number of pyridine rings is 1. The normalized spacial score (nSPS) is 10.6. The van der Waals surface area contributed by atoms with E-state index >= 15 is 0 Å². The fourth-order valence-corrected chi connectivity index (χ4v) is 3.42. The second-order valence-corrected chi connectivity index (χ2v) is 6.00. The molecule has 2 aromatic heterocycles. The van der Waals surface area contributed by atoms with Gasteiger partial charge in [-0.1, -0.05) is 36.4 Å². The Bertz CT molecular complexity index is 1040. The molecule has 23 heavy (non-hydrogen) atoms. The summed E-state index contributed by atoms with van der Waals surface area (Å²) < 4.78 is 0. The standard InChI is InChI=1S/C19H11N3S/c20-9-13-4-3-6-14(8-13)18-12-23-19(22-18)17-11-21-10-15-5-1-2-7-16(15)17/h1-8,10-12H. The minimum absolute atomic E-state index is 0.642. The zero-order valence-corrected chi connectivity index (χ0v) is 12.9. The highest BCUT2D eigenvalue weighted by molar-refractivity contribution is 7.13. The van der Waals surface area contributed by atoms with Gasteiger partial charge in [-0.25, -0.2) is 4.98 Å². The molecule has 0 aliphatic heterocycles. The zero-order valence-electron chi connectivity index (χ0n) is 12.1. The number of nitriles is 1. The number of nitrogens with zero attached hydrogens (tertiary/aromatic N) is 3. The molecule has 4 aromatic rings. The molecule has 4 rings (SSSR count).